The molecule has 0 radical (unpaired) electrons. The Morgan fingerprint density at radius 3 is 3.09 bits per heavy atom. The van der Waals surface area contributed by atoms with Crippen LogP contribution in [0, 0.1) is 0 Å². The smallest absolute Gasteiger partial charge is 0.263 e. The van der Waals surface area contributed by atoms with Crippen LogP contribution in [0.1, 0.15) is 24.1 Å². The molecule has 2 aromatic rings. The van der Waals surface area contributed by atoms with Crippen molar-refractivity contribution in [1.29, 1.82) is 0 Å². The Morgan fingerprint density at radius 2 is 2.27 bits per heavy atom. The number of hydrogen-bond donors (Lipinski definition) is 0. The average Bonchev–Trinajstić information content (AvgIpc) is 3.09. The highest BCUT2D eigenvalue weighted by molar-refractivity contribution is 5.81. The van der Waals surface area contributed by atoms with Crippen molar-refractivity contribution in [3.8, 4) is 0 Å². The minimum Gasteiger partial charge on any atom is -0.368 e. The van der Waals surface area contributed by atoms with Crippen LogP contribution in [0.15, 0.2) is 29.2 Å². The molecule has 0 aromatic carbocycles. The monoisotopic (exact) mass is 299 g/mol. The summed E-state index contributed by atoms with van der Waals surface area (Å²) in [4.78, 5) is 31.4. The van der Waals surface area contributed by atoms with Gasteiger partial charge in [0.05, 0.1) is 17.8 Å². The molecule has 0 saturated carbocycles. The molecule has 2 aliphatic heterocycles. The first-order valence-electron chi connectivity index (χ1n) is 7.63. The van der Waals surface area contributed by atoms with E-state index >= 15 is 0 Å². The summed E-state index contributed by atoms with van der Waals surface area (Å²) in [6, 6.07) is 5.50. The van der Waals surface area contributed by atoms with Crippen molar-refractivity contribution in [2.75, 3.05) is 13.2 Å². The van der Waals surface area contributed by atoms with Gasteiger partial charge >= 0.3 is 0 Å². The van der Waals surface area contributed by atoms with Crippen molar-refractivity contribution in [3.05, 3.63) is 46.0 Å². The quantitative estimate of drug-likeness (QED) is 0.780. The van der Waals surface area contributed by atoms with E-state index in [0.717, 1.165) is 18.5 Å². The Morgan fingerprint density at radius 1 is 1.36 bits per heavy atom. The molecule has 4 rings (SSSR count). The second-order valence-electron chi connectivity index (χ2n) is 5.78. The zero-order valence-corrected chi connectivity index (χ0v) is 12.2. The summed E-state index contributed by atoms with van der Waals surface area (Å²) >= 11 is 0. The lowest BCUT2D eigenvalue weighted by molar-refractivity contribution is -0.141. The van der Waals surface area contributed by atoms with Crippen molar-refractivity contribution >= 4 is 11.6 Å². The summed E-state index contributed by atoms with van der Waals surface area (Å²) in [5.41, 5.74) is 2.02. The Balaban J connectivity index is 1.69. The van der Waals surface area contributed by atoms with Crippen molar-refractivity contribution in [2.24, 2.45) is 0 Å². The Hall–Kier alpha value is -2.21. The first-order valence-corrected chi connectivity index (χ1v) is 7.63. The lowest BCUT2D eigenvalue weighted by Crippen LogP contribution is -2.44. The van der Waals surface area contributed by atoms with Crippen molar-refractivity contribution in [2.45, 2.75) is 31.9 Å². The van der Waals surface area contributed by atoms with E-state index in [9.17, 15) is 9.59 Å². The van der Waals surface area contributed by atoms with Crippen LogP contribution in [0.5, 0.6) is 0 Å². The number of rotatable bonds is 1. The van der Waals surface area contributed by atoms with E-state index in [1.54, 1.807) is 21.6 Å². The van der Waals surface area contributed by atoms with Gasteiger partial charge in [-0.1, -0.05) is 6.07 Å². The highest BCUT2D eigenvalue weighted by atomic mass is 16.5. The largest absolute Gasteiger partial charge is 0.368 e. The molecule has 22 heavy (non-hydrogen) atoms. The average molecular weight is 299 g/mol. The molecule has 4 heterocycles. The fraction of sp³-hybridized carbons (Fsp3) is 0.438. The van der Waals surface area contributed by atoms with E-state index in [2.05, 4.69) is 4.98 Å². The van der Waals surface area contributed by atoms with Crippen LogP contribution in [0.3, 0.4) is 0 Å². The molecule has 1 fully saturated rings. The van der Waals surface area contributed by atoms with E-state index in [1.165, 1.54) is 0 Å². The number of aromatic nitrogens is 2. The summed E-state index contributed by atoms with van der Waals surface area (Å²) in [7, 11) is 0. The van der Waals surface area contributed by atoms with E-state index in [4.69, 9.17) is 4.74 Å². The maximum absolute atomic E-state index is 12.6. The molecule has 0 N–H and O–H groups in total. The number of amides is 1. The molecule has 6 nitrogen and oxygen atoms in total. The van der Waals surface area contributed by atoms with E-state index < -0.39 is 0 Å². The number of hydrogen-bond acceptors (Lipinski definition) is 4. The maximum atomic E-state index is 12.6. The number of pyridine rings is 1. The highest BCUT2D eigenvalue weighted by Crippen LogP contribution is 2.20. The van der Waals surface area contributed by atoms with Crippen LogP contribution in [0.4, 0.5) is 0 Å². The molecule has 0 spiro atoms. The molecular formula is C16H17N3O3. The number of fused-ring (bicyclic) bond motifs is 2. The summed E-state index contributed by atoms with van der Waals surface area (Å²) in [6.07, 6.45) is 3.70. The van der Waals surface area contributed by atoms with Gasteiger partial charge in [0, 0.05) is 25.8 Å². The highest BCUT2D eigenvalue weighted by Gasteiger charge is 2.31. The number of carbonyl (C=O) groups excluding carboxylic acids is 1. The van der Waals surface area contributed by atoms with Crippen LogP contribution in [0.2, 0.25) is 0 Å². The molecule has 1 amide bonds. The topological polar surface area (TPSA) is 63.9 Å². The number of carbonyl (C=O) groups is 1. The lowest BCUT2D eigenvalue weighted by Gasteiger charge is -2.29. The predicted molar refractivity (Wildman–Crippen MR) is 79.6 cm³/mol. The molecule has 1 saturated heterocycles. The third-order valence-electron chi connectivity index (χ3n) is 4.40. The SMILES string of the molecule is O=C([C@@H]1CCCO1)N1CCc2nc3ccccn3c(=O)c2C1. The predicted octanol–water partition coefficient (Wildman–Crippen LogP) is 0.758. The van der Waals surface area contributed by atoms with Gasteiger partial charge in [0.25, 0.3) is 11.5 Å². The summed E-state index contributed by atoms with van der Waals surface area (Å²) < 4.78 is 7.01. The van der Waals surface area contributed by atoms with Gasteiger partial charge in [-0.05, 0) is 25.0 Å². The molecule has 0 bridgehead atoms. The Kier molecular flexibility index (Phi) is 3.18. The Bertz CT molecular complexity index is 793. The zero-order valence-electron chi connectivity index (χ0n) is 12.2. The lowest BCUT2D eigenvalue weighted by atomic mass is 10.1. The fourth-order valence-electron chi connectivity index (χ4n) is 3.21. The van der Waals surface area contributed by atoms with Crippen LogP contribution < -0.4 is 5.56 Å². The van der Waals surface area contributed by atoms with E-state index in [-0.39, 0.29) is 17.6 Å². The maximum Gasteiger partial charge on any atom is 0.263 e. The third-order valence-corrected chi connectivity index (χ3v) is 4.40. The van der Waals surface area contributed by atoms with Crippen LogP contribution >= 0.6 is 0 Å². The molecule has 2 aliphatic rings. The van der Waals surface area contributed by atoms with Gasteiger partial charge < -0.3 is 9.64 Å². The van der Waals surface area contributed by atoms with E-state index in [1.807, 2.05) is 12.1 Å². The molecule has 6 heteroatoms. The minimum atomic E-state index is -0.335. The third kappa shape index (κ3) is 2.11. The second-order valence-corrected chi connectivity index (χ2v) is 5.78. The van der Waals surface area contributed by atoms with E-state index in [0.29, 0.717) is 37.3 Å². The number of ether oxygens (including phenoxy) is 1. The first kappa shape index (κ1) is 13.5. The molecule has 114 valence electrons. The minimum absolute atomic E-state index is 0.000656. The fourth-order valence-corrected chi connectivity index (χ4v) is 3.21. The van der Waals surface area contributed by atoms with Gasteiger partial charge in [-0.2, -0.15) is 0 Å². The summed E-state index contributed by atoms with van der Waals surface area (Å²) in [5.74, 6) is 0.000656. The van der Waals surface area contributed by atoms with Crippen molar-refractivity contribution < 1.29 is 9.53 Å². The summed E-state index contributed by atoms with van der Waals surface area (Å²) in [5, 5.41) is 0. The van der Waals surface area contributed by atoms with Gasteiger partial charge in [-0.25, -0.2) is 4.98 Å². The van der Waals surface area contributed by atoms with Crippen molar-refractivity contribution in [3.63, 3.8) is 0 Å². The van der Waals surface area contributed by atoms with Crippen LogP contribution in [0.25, 0.3) is 5.65 Å². The van der Waals surface area contributed by atoms with Crippen molar-refractivity contribution in [1.82, 2.24) is 14.3 Å². The van der Waals surface area contributed by atoms with Gasteiger partial charge in [0.1, 0.15) is 11.8 Å². The summed E-state index contributed by atoms with van der Waals surface area (Å²) in [6.45, 7) is 1.58. The van der Waals surface area contributed by atoms with Gasteiger partial charge in [0.15, 0.2) is 0 Å². The molecule has 2 aromatic heterocycles. The molecule has 0 aliphatic carbocycles. The Labute approximate surface area is 127 Å². The zero-order chi connectivity index (χ0) is 15.1. The standard InChI is InChI=1S/C16H17N3O3/c20-15-11-10-18(16(21)13-4-3-9-22-13)8-6-12(11)17-14-5-1-2-7-19(14)15/h1-2,5,7,13H,3-4,6,8-10H2/t13-/m0/s1. The first-order chi connectivity index (χ1) is 10.7. The molecule has 0 unspecified atom stereocenters. The second kappa shape index (κ2) is 5.21. The van der Waals surface area contributed by atoms with Gasteiger partial charge in [0.2, 0.25) is 0 Å². The van der Waals surface area contributed by atoms with Gasteiger partial charge in [-0.15, -0.1) is 0 Å². The van der Waals surface area contributed by atoms with Crippen LogP contribution in [-0.4, -0.2) is 39.4 Å². The molecular weight excluding hydrogens is 282 g/mol. The number of nitrogens with zero attached hydrogens (tertiary/aromatic N) is 3. The molecule has 1 atom stereocenters. The normalized spacial score (nSPS) is 21.1. The van der Waals surface area contributed by atoms with Crippen LogP contribution in [-0.2, 0) is 22.5 Å². The van der Waals surface area contributed by atoms with Gasteiger partial charge in [-0.3, -0.25) is 14.0 Å².